The Balaban J connectivity index is -0.000000333. The molecule has 0 aromatic heterocycles. The zero-order chi connectivity index (χ0) is 20.6. The van der Waals surface area contributed by atoms with Gasteiger partial charge in [0.15, 0.2) is 0 Å². The van der Waals surface area contributed by atoms with Crippen molar-refractivity contribution in [1.29, 1.82) is 0 Å². The number of hydrogen-bond acceptors (Lipinski definition) is 6. The zero-order valence-electron chi connectivity index (χ0n) is 14.9. The topological polar surface area (TPSA) is 140 Å². The Hall–Kier alpha value is -2.05. The number of rotatable bonds is 3. The molecule has 9 nitrogen and oxygen atoms in total. The molecule has 0 unspecified atom stereocenters. The van der Waals surface area contributed by atoms with Crippen LogP contribution in [0.1, 0.15) is 20.8 Å². The van der Waals surface area contributed by atoms with E-state index in [4.69, 9.17) is 43.9 Å². The summed E-state index contributed by atoms with van der Waals surface area (Å²) in [7, 11) is 4.92. The number of methoxy groups -OCH3 is 3. The maximum absolute atomic E-state index is 9.00. The van der Waals surface area contributed by atoms with Gasteiger partial charge in [-0.1, -0.05) is 0 Å². The number of carboxylic acids is 3. The third kappa shape index (κ3) is 22.0. The summed E-state index contributed by atoms with van der Waals surface area (Å²) in [4.78, 5) is 27.0. The molecule has 0 heterocycles. The van der Waals surface area contributed by atoms with Crippen LogP contribution in [0.2, 0.25) is 0 Å². The van der Waals surface area contributed by atoms with Crippen molar-refractivity contribution in [3.63, 3.8) is 0 Å². The van der Waals surface area contributed by atoms with Gasteiger partial charge in [-0.3, -0.25) is 14.4 Å². The van der Waals surface area contributed by atoms with Gasteiger partial charge in [-0.2, -0.15) is 0 Å². The van der Waals surface area contributed by atoms with Crippen molar-refractivity contribution in [3.8, 4) is 17.2 Å². The van der Waals surface area contributed by atoms with E-state index in [1.165, 1.54) is 0 Å². The predicted molar refractivity (Wildman–Crippen MR) is 91.4 cm³/mol. The van der Waals surface area contributed by atoms with E-state index < -0.39 is 17.9 Å². The van der Waals surface area contributed by atoms with Crippen LogP contribution >= 0.6 is 0 Å². The van der Waals surface area contributed by atoms with Crippen molar-refractivity contribution in [2.24, 2.45) is 0 Å². The summed E-state index contributed by atoms with van der Waals surface area (Å²) in [5.74, 6) is -0.0703. The first-order valence-corrected chi connectivity index (χ1v) is 8.47. The molecular weight excluding hydrogens is 531 g/mol. The van der Waals surface area contributed by atoms with Crippen LogP contribution in [-0.4, -0.2) is 80.3 Å². The van der Waals surface area contributed by atoms with Crippen molar-refractivity contribution < 1.29 is 43.9 Å². The molecule has 1 rings (SSSR count). The summed E-state index contributed by atoms with van der Waals surface area (Å²) < 4.78 is 16.6. The fourth-order valence-electron chi connectivity index (χ4n) is 1.01. The van der Waals surface area contributed by atoms with Crippen LogP contribution in [0.4, 0.5) is 0 Å². The Labute approximate surface area is 162 Å². The van der Waals surface area contributed by atoms with Gasteiger partial charge in [-0.15, -0.1) is 0 Å². The normalized spacial score (nSPS) is 7.96. The summed E-state index contributed by atoms with van der Waals surface area (Å²) >= 11 is 0.891. The molecule has 1 aromatic carbocycles. The maximum atomic E-state index is 9.00. The van der Waals surface area contributed by atoms with Crippen LogP contribution < -0.4 is 17.3 Å². The first-order chi connectivity index (χ1) is 11.4. The van der Waals surface area contributed by atoms with Crippen LogP contribution in [0.15, 0.2) is 12.1 Å². The molecule has 10 heteroatoms. The van der Waals surface area contributed by atoms with Crippen molar-refractivity contribution >= 4 is 46.8 Å². The van der Waals surface area contributed by atoms with Gasteiger partial charge in [-0.05, 0) is 0 Å². The molecule has 0 amide bonds. The molecule has 1 aromatic rings. The van der Waals surface area contributed by atoms with Gasteiger partial charge in [0, 0.05) is 20.8 Å². The third-order valence-corrected chi connectivity index (χ3v) is 3.63. The quantitative estimate of drug-likeness (QED) is 0.463. The molecule has 0 fully saturated rings. The van der Waals surface area contributed by atoms with E-state index in [-0.39, 0.29) is 0 Å². The first-order valence-electron chi connectivity index (χ1n) is 6.53. The second kappa shape index (κ2) is 16.8. The van der Waals surface area contributed by atoms with Crippen LogP contribution in [-0.2, 0) is 14.4 Å². The van der Waals surface area contributed by atoms with Gasteiger partial charge in [0.1, 0.15) is 0 Å². The molecule has 0 bridgehead atoms. The standard InChI is InChI=1S/C9H11O3.3C2H4O2.Pb/c1-10-7-4-8(11-2)6-9(5-7)12-3;3*1-2(3)4;/h4-5H,1-3H3;3*1H3,(H,3,4);. The Bertz CT molecular complexity index is 478. The summed E-state index contributed by atoms with van der Waals surface area (Å²) in [6, 6.07) is 3.73. The average Bonchev–Trinajstić information content (AvgIpc) is 2.45. The summed E-state index contributed by atoms with van der Waals surface area (Å²) in [5.41, 5.74) is 0. The van der Waals surface area contributed by atoms with E-state index in [0.717, 1.165) is 66.9 Å². The molecule has 0 aliphatic carbocycles. The van der Waals surface area contributed by atoms with Gasteiger partial charge in [0.05, 0.1) is 0 Å². The van der Waals surface area contributed by atoms with Crippen molar-refractivity contribution in [2.45, 2.75) is 20.8 Å². The van der Waals surface area contributed by atoms with Crippen LogP contribution in [0.3, 0.4) is 0 Å². The second-order valence-corrected chi connectivity index (χ2v) is 5.91. The number of ether oxygens (including phenoxy) is 3. The predicted octanol–water partition coefficient (Wildman–Crippen LogP) is 0.779. The molecule has 0 saturated heterocycles. The van der Waals surface area contributed by atoms with Crippen molar-refractivity contribution in [1.82, 2.24) is 0 Å². The number of benzene rings is 1. The average molecular weight is 555 g/mol. The molecule has 3 N–H and O–H groups in total. The first kappa shape index (κ1) is 27.8. The van der Waals surface area contributed by atoms with Crippen LogP contribution in [0.5, 0.6) is 17.2 Å². The fourth-order valence-corrected chi connectivity index (χ4v) is 2.36. The van der Waals surface area contributed by atoms with Gasteiger partial charge >= 0.3 is 93.8 Å². The summed E-state index contributed by atoms with van der Waals surface area (Å²) in [6.45, 7) is 3.25. The van der Waals surface area contributed by atoms with E-state index in [0.29, 0.717) is 0 Å². The molecule has 0 aliphatic rings. The van der Waals surface area contributed by atoms with Crippen molar-refractivity contribution in [2.75, 3.05) is 21.3 Å². The summed E-state index contributed by atoms with van der Waals surface area (Å²) in [5, 5.41) is 22.2. The summed E-state index contributed by atoms with van der Waals surface area (Å²) in [6.07, 6.45) is 0. The monoisotopic (exact) mass is 555 g/mol. The molecule has 0 aliphatic heterocycles. The molecule has 141 valence electrons. The number of hydrogen-bond donors (Lipinski definition) is 3. The van der Waals surface area contributed by atoms with Gasteiger partial charge < -0.3 is 15.3 Å². The Kier molecular flexibility index (Phi) is 18.7. The van der Waals surface area contributed by atoms with E-state index >= 15 is 0 Å². The van der Waals surface area contributed by atoms with Gasteiger partial charge in [0.2, 0.25) is 0 Å². The molecule has 3 radical (unpaired) electrons. The molecule has 0 spiro atoms. The SMILES string of the molecule is CC(=O)O.CC(=O)O.CC(=O)O.COc1cc(OC)[c]([Pb])c(OC)c1. The number of carboxylic acid groups (broad SMARTS) is 3. The second-order valence-electron chi connectivity index (χ2n) is 3.96. The molecule has 0 atom stereocenters. The minimum absolute atomic E-state index is 0.758. The van der Waals surface area contributed by atoms with Crippen LogP contribution in [0, 0.1) is 0 Å². The zero-order valence-corrected chi connectivity index (χ0v) is 18.8. The van der Waals surface area contributed by atoms with Crippen molar-refractivity contribution in [3.05, 3.63) is 12.1 Å². The van der Waals surface area contributed by atoms with E-state index in [1.54, 1.807) is 21.3 Å². The number of aliphatic carboxylic acids is 3. The molecule has 25 heavy (non-hydrogen) atoms. The fraction of sp³-hybridized carbons (Fsp3) is 0.400. The molecule has 0 saturated carbocycles. The van der Waals surface area contributed by atoms with Gasteiger partial charge in [-0.25, -0.2) is 0 Å². The van der Waals surface area contributed by atoms with Crippen LogP contribution in [0.25, 0.3) is 0 Å². The van der Waals surface area contributed by atoms with E-state index in [2.05, 4.69) is 0 Å². The Morgan fingerprint density at radius 3 is 1.16 bits per heavy atom. The Morgan fingerprint density at radius 2 is 1.00 bits per heavy atom. The minimum atomic E-state index is -0.833. The van der Waals surface area contributed by atoms with E-state index in [9.17, 15) is 0 Å². The number of carbonyl (C=O) groups is 3. The third-order valence-electron chi connectivity index (χ3n) is 1.72. The van der Waals surface area contributed by atoms with Gasteiger partial charge in [0.25, 0.3) is 17.9 Å². The Morgan fingerprint density at radius 1 is 0.760 bits per heavy atom. The molecular formula is C15H23O9Pb. The van der Waals surface area contributed by atoms with E-state index in [1.807, 2.05) is 12.1 Å².